The van der Waals surface area contributed by atoms with Gasteiger partial charge in [-0.25, -0.2) is 0 Å². The van der Waals surface area contributed by atoms with E-state index in [1.54, 1.807) is 0 Å². The highest BCUT2D eigenvalue weighted by molar-refractivity contribution is 7.09. The Kier molecular flexibility index (Phi) is 1.43. The largest absolute Gasteiger partial charge is 0.353 e. The first-order valence-corrected chi connectivity index (χ1v) is 2.95. The quantitative estimate of drug-likeness (QED) is 0.548. The molecule has 0 spiro atoms. The third-order valence-electron chi connectivity index (χ3n) is 0.696. The highest BCUT2D eigenvalue weighted by Gasteiger charge is 1.94. The molecule has 0 saturated heterocycles. The van der Waals surface area contributed by atoms with Gasteiger partial charge >= 0.3 is 0 Å². The zero-order valence-corrected chi connectivity index (χ0v) is 5.57. The molecule has 0 bridgehead atoms. The molecule has 0 aliphatic rings. The van der Waals surface area contributed by atoms with E-state index in [1.807, 2.05) is 19.0 Å². The van der Waals surface area contributed by atoms with Crippen LogP contribution in [0.3, 0.4) is 0 Å². The normalized spacial score (nSPS) is 9.25. The summed E-state index contributed by atoms with van der Waals surface area (Å²) in [6, 6.07) is 0. The van der Waals surface area contributed by atoms with Gasteiger partial charge in [-0.15, -0.1) is 0 Å². The van der Waals surface area contributed by atoms with Gasteiger partial charge in [0.15, 0.2) is 0 Å². The highest BCUT2D eigenvalue weighted by atomic mass is 32.1. The number of hydrogen-bond donors (Lipinski definition) is 0. The molecule has 1 aromatic rings. The SMILES string of the molecule is CN(C)c1n[c]ns1. The average Bonchev–Trinajstić information content (AvgIpc) is 2.12. The van der Waals surface area contributed by atoms with E-state index in [9.17, 15) is 0 Å². The molecule has 0 saturated carbocycles. The van der Waals surface area contributed by atoms with Crippen molar-refractivity contribution in [2.24, 2.45) is 0 Å². The molecule has 0 amide bonds. The Labute approximate surface area is 52.1 Å². The maximum Gasteiger partial charge on any atom is 0.213 e. The third-order valence-corrected chi connectivity index (χ3v) is 1.49. The van der Waals surface area contributed by atoms with Crippen LogP contribution in [0.4, 0.5) is 5.13 Å². The fraction of sp³-hybridized carbons (Fsp3) is 0.500. The molecule has 3 nitrogen and oxygen atoms in total. The summed E-state index contributed by atoms with van der Waals surface area (Å²) in [6.45, 7) is 0. The molecule has 0 aliphatic heterocycles. The van der Waals surface area contributed by atoms with Crippen LogP contribution in [0.5, 0.6) is 0 Å². The molecular weight excluding hydrogens is 122 g/mol. The van der Waals surface area contributed by atoms with Gasteiger partial charge in [0.2, 0.25) is 11.5 Å². The van der Waals surface area contributed by atoms with Crippen LogP contribution in [0.15, 0.2) is 0 Å². The van der Waals surface area contributed by atoms with E-state index in [0.29, 0.717) is 0 Å². The van der Waals surface area contributed by atoms with Crippen molar-refractivity contribution in [2.45, 2.75) is 0 Å². The van der Waals surface area contributed by atoms with Crippen molar-refractivity contribution < 1.29 is 0 Å². The van der Waals surface area contributed by atoms with Gasteiger partial charge < -0.3 is 4.90 Å². The van der Waals surface area contributed by atoms with Crippen LogP contribution in [-0.4, -0.2) is 23.5 Å². The molecule has 0 aliphatic carbocycles. The molecule has 1 radical (unpaired) electrons. The molecule has 0 unspecified atom stereocenters. The van der Waals surface area contributed by atoms with E-state index in [-0.39, 0.29) is 0 Å². The van der Waals surface area contributed by atoms with Gasteiger partial charge in [-0.3, -0.25) is 0 Å². The van der Waals surface area contributed by atoms with Crippen LogP contribution in [0.2, 0.25) is 0 Å². The van der Waals surface area contributed by atoms with Gasteiger partial charge in [-0.2, -0.15) is 9.36 Å². The third kappa shape index (κ3) is 0.949. The lowest BCUT2D eigenvalue weighted by Gasteiger charge is -2.03. The lowest BCUT2D eigenvalue weighted by Crippen LogP contribution is -2.07. The van der Waals surface area contributed by atoms with Gasteiger partial charge in [0, 0.05) is 25.6 Å². The van der Waals surface area contributed by atoms with Gasteiger partial charge in [0.1, 0.15) is 0 Å². The summed E-state index contributed by atoms with van der Waals surface area (Å²) >= 11 is 1.34. The fourth-order valence-corrected chi connectivity index (χ4v) is 0.735. The second kappa shape index (κ2) is 2.09. The smallest absolute Gasteiger partial charge is 0.213 e. The Balaban J connectivity index is 2.77. The molecule has 0 aromatic carbocycles. The summed E-state index contributed by atoms with van der Waals surface area (Å²) < 4.78 is 3.71. The van der Waals surface area contributed by atoms with Crippen molar-refractivity contribution in [1.29, 1.82) is 0 Å². The fourth-order valence-electron chi connectivity index (χ4n) is 0.326. The monoisotopic (exact) mass is 128 g/mol. The topological polar surface area (TPSA) is 29.0 Å². The highest BCUT2D eigenvalue weighted by Crippen LogP contribution is 2.08. The first-order valence-electron chi connectivity index (χ1n) is 2.18. The average molecular weight is 128 g/mol. The summed E-state index contributed by atoms with van der Waals surface area (Å²) in [5.74, 6) is 0. The molecular formula is C4H6N3S. The van der Waals surface area contributed by atoms with E-state index in [0.717, 1.165) is 5.13 Å². The molecule has 4 heteroatoms. The minimum atomic E-state index is 0.894. The van der Waals surface area contributed by atoms with E-state index >= 15 is 0 Å². The van der Waals surface area contributed by atoms with Crippen LogP contribution in [0.1, 0.15) is 0 Å². The molecule has 43 valence electrons. The zero-order valence-electron chi connectivity index (χ0n) is 4.75. The van der Waals surface area contributed by atoms with Crippen molar-refractivity contribution in [1.82, 2.24) is 9.36 Å². The van der Waals surface area contributed by atoms with Crippen molar-refractivity contribution >= 4 is 16.7 Å². The van der Waals surface area contributed by atoms with Crippen LogP contribution in [-0.2, 0) is 0 Å². The second-order valence-electron chi connectivity index (χ2n) is 1.57. The minimum absolute atomic E-state index is 0.894. The summed E-state index contributed by atoms with van der Waals surface area (Å²) in [5, 5.41) is 0.894. The van der Waals surface area contributed by atoms with Crippen LogP contribution in [0, 0.1) is 6.33 Å². The summed E-state index contributed by atoms with van der Waals surface area (Å²) in [4.78, 5) is 5.72. The number of anilines is 1. The summed E-state index contributed by atoms with van der Waals surface area (Å²) in [7, 11) is 3.85. The van der Waals surface area contributed by atoms with Crippen LogP contribution in [0.25, 0.3) is 0 Å². The van der Waals surface area contributed by atoms with Crippen LogP contribution < -0.4 is 4.90 Å². The first-order chi connectivity index (χ1) is 3.80. The van der Waals surface area contributed by atoms with Crippen molar-refractivity contribution in [3.63, 3.8) is 0 Å². The Bertz CT molecular complexity index is 146. The zero-order chi connectivity index (χ0) is 5.98. The van der Waals surface area contributed by atoms with E-state index < -0.39 is 0 Å². The predicted octanol–water partition coefficient (Wildman–Crippen LogP) is 0.404. The molecule has 0 fully saturated rings. The molecule has 1 rings (SSSR count). The van der Waals surface area contributed by atoms with Gasteiger partial charge in [0.25, 0.3) is 0 Å². The van der Waals surface area contributed by atoms with Crippen molar-refractivity contribution in [3.05, 3.63) is 6.33 Å². The molecule has 0 N–H and O–H groups in total. The van der Waals surface area contributed by atoms with Crippen LogP contribution >= 0.6 is 11.5 Å². The van der Waals surface area contributed by atoms with Gasteiger partial charge in [-0.1, -0.05) is 0 Å². The number of hydrogen-bond acceptors (Lipinski definition) is 4. The molecule has 8 heavy (non-hydrogen) atoms. The number of aromatic nitrogens is 2. The number of rotatable bonds is 1. The Hall–Kier alpha value is -0.640. The summed E-state index contributed by atoms with van der Waals surface area (Å²) in [6.07, 6.45) is 2.49. The first kappa shape index (κ1) is 5.50. The predicted molar refractivity (Wildman–Crippen MR) is 33.1 cm³/mol. The molecule has 1 heterocycles. The Morgan fingerprint density at radius 3 is 2.62 bits per heavy atom. The minimum Gasteiger partial charge on any atom is -0.353 e. The lowest BCUT2D eigenvalue weighted by atomic mass is 10.9. The molecule has 0 atom stereocenters. The van der Waals surface area contributed by atoms with Gasteiger partial charge in [0.05, 0.1) is 0 Å². The Morgan fingerprint density at radius 1 is 1.62 bits per heavy atom. The lowest BCUT2D eigenvalue weighted by molar-refractivity contribution is 1.10. The van der Waals surface area contributed by atoms with Crippen molar-refractivity contribution in [2.75, 3.05) is 19.0 Å². The number of nitrogens with zero attached hydrogens (tertiary/aromatic N) is 3. The summed E-state index contributed by atoms with van der Waals surface area (Å²) in [5.41, 5.74) is 0. The standard InChI is InChI=1S/C4H6N3S/c1-7(2)4-5-3-6-8-4/h1-2H3. The molecule has 1 aromatic heterocycles. The maximum atomic E-state index is 3.82. The maximum absolute atomic E-state index is 3.82. The van der Waals surface area contributed by atoms with E-state index in [2.05, 4.69) is 15.7 Å². The van der Waals surface area contributed by atoms with E-state index in [4.69, 9.17) is 0 Å². The van der Waals surface area contributed by atoms with Crippen molar-refractivity contribution in [3.8, 4) is 0 Å². The van der Waals surface area contributed by atoms with Gasteiger partial charge in [-0.05, 0) is 0 Å². The van der Waals surface area contributed by atoms with E-state index in [1.165, 1.54) is 11.5 Å². The Morgan fingerprint density at radius 2 is 2.38 bits per heavy atom. The second-order valence-corrected chi connectivity index (χ2v) is 2.30.